The van der Waals surface area contributed by atoms with Crippen LogP contribution in [0.1, 0.15) is 6.23 Å². The van der Waals surface area contributed by atoms with E-state index in [-0.39, 0.29) is 17.0 Å². The fourth-order valence-corrected chi connectivity index (χ4v) is 3.72. The lowest BCUT2D eigenvalue weighted by atomic mass is 10.1. The lowest BCUT2D eigenvalue weighted by Gasteiger charge is -2.16. The summed E-state index contributed by atoms with van der Waals surface area (Å²) in [5.41, 5.74) is 5.65. The lowest BCUT2D eigenvalue weighted by Crippen LogP contribution is -2.37. The van der Waals surface area contributed by atoms with E-state index in [1.54, 1.807) is 0 Å². The predicted molar refractivity (Wildman–Crippen MR) is 101 cm³/mol. The number of anilines is 1. The van der Waals surface area contributed by atoms with Crippen LogP contribution in [0.15, 0.2) is 41.8 Å². The van der Waals surface area contributed by atoms with Crippen LogP contribution < -0.4 is 16.1 Å². The third-order valence-corrected chi connectivity index (χ3v) is 5.29. The molecule has 0 aromatic carbocycles. The van der Waals surface area contributed by atoms with Crippen LogP contribution in [0.3, 0.4) is 0 Å². The monoisotopic (exact) mass is 439 g/mol. The highest BCUT2D eigenvalue weighted by Crippen LogP contribution is 2.32. The summed E-state index contributed by atoms with van der Waals surface area (Å²) in [4.78, 5) is 25.4. The van der Waals surface area contributed by atoms with Gasteiger partial charge in [-0.1, -0.05) is 6.07 Å². The van der Waals surface area contributed by atoms with E-state index in [9.17, 15) is 23.4 Å². The molecular weight excluding hydrogens is 422 g/mol. The molecule has 0 spiro atoms. The minimum Gasteiger partial charge on any atom is -0.387 e. The number of aromatic nitrogens is 5. The van der Waals surface area contributed by atoms with Crippen LogP contribution in [0.5, 0.6) is 0 Å². The summed E-state index contributed by atoms with van der Waals surface area (Å²) >= 11 is 0. The Hall–Kier alpha value is -3.11. The molecule has 160 valence electrons. The van der Waals surface area contributed by atoms with Crippen LogP contribution >= 0.6 is 0 Å². The molecule has 3 aromatic heterocycles. The number of aliphatic hydroxyl groups excluding tert-OH is 2. The van der Waals surface area contributed by atoms with Gasteiger partial charge in [-0.05, 0) is 6.07 Å². The van der Waals surface area contributed by atoms with Gasteiger partial charge in [0.15, 0.2) is 17.7 Å². The molecule has 0 unspecified atom stereocenters. The Morgan fingerprint density at radius 1 is 1.23 bits per heavy atom. The summed E-state index contributed by atoms with van der Waals surface area (Å²) < 4.78 is 36.6. The van der Waals surface area contributed by atoms with Gasteiger partial charge in [-0.2, -0.15) is 13.2 Å². The minimum atomic E-state index is -4.41. The van der Waals surface area contributed by atoms with Gasteiger partial charge in [0.1, 0.15) is 30.2 Å². The zero-order valence-corrected chi connectivity index (χ0v) is 16.0. The summed E-state index contributed by atoms with van der Waals surface area (Å²) in [5, 5.41) is 20.6. The number of rotatable bonds is 6. The van der Waals surface area contributed by atoms with Gasteiger partial charge in [0, 0.05) is 12.3 Å². The molecule has 15 heteroatoms. The zero-order chi connectivity index (χ0) is 21.5. The number of hydrogen-bond acceptors (Lipinski definition) is 11. The zero-order valence-electron chi connectivity index (χ0n) is 15.1. The third kappa shape index (κ3) is 3.71. The first-order valence-corrected chi connectivity index (χ1v) is 9.97. The average molecular weight is 439 g/mol. The molecule has 0 radical (unpaired) electrons. The van der Waals surface area contributed by atoms with Gasteiger partial charge in [-0.25, -0.2) is 23.8 Å². The number of pyridine rings is 1. The maximum Gasteiger partial charge on any atom is 0.373 e. The molecule has 5 N–H and O–H groups in total. The Morgan fingerprint density at radius 3 is 2.80 bits per heavy atom. The normalized spacial score (nSPS) is 24.3. The molecule has 30 heavy (non-hydrogen) atoms. The van der Waals surface area contributed by atoms with Gasteiger partial charge in [-0.3, -0.25) is 9.36 Å². The molecule has 14 nitrogen and oxygen atoms in total. The van der Waals surface area contributed by atoms with Gasteiger partial charge in [0.2, 0.25) is 0 Å². The first-order chi connectivity index (χ1) is 14.3. The molecule has 0 saturated carbocycles. The molecule has 1 aliphatic heterocycles. The number of fused-ring (bicyclic) bond motifs is 1. The second kappa shape index (κ2) is 7.62. The standard InChI is InChI=1S/C15H17N7O7S/c16-13-10-14(18-6-17-13)21(7-19-10)15-12(25)11(24)8(29-15)5-28-30(26,27)20-22-4-2-1-3-9(22)23/h1-4,6-8,11-12,15,20,24-25H,5H2,(H2,16,17,18)/t8-,11-,12-,15-/m1/s1. The molecule has 4 heterocycles. The second-order valence-electron chi connectivity index (χ2n) is 6.37. The van der Waals surface area contributed by atoms with Crippen molar-refractivity contribution in [1.29, 1.82) is 0 Å². The first-order valence-electron chi connectivity index (χ1n) is 8.56. The van der Waals surface area contributed by atoms with Crippen molar-refractivity contribution in [2.24, 2.45) is 0 Å². The Kier molecular flexibility index (Phi) is 5.12. The Labute approximate surface area is 168 Å². The second-order valence-corrected chi connectivity index (χ2v) is 7.69. The number of nitrogens with one attached hydrogen (secondary N) is 1. The number of hydrogen-bond donors (Lipinski definition) is 4. The summed E-state index contributed by atoms with van der Waals surface area (Å²) in [6, 6.07) is 4.04. The van der Waals surface area contributed by atoms with Crippen LogP contribution in [-0.2, 0) is 19.2 Å². The van der Waals surface area contributed by atoms with E-state index >= 15 is 0 Å². The van der Waals surface area contributed by atoms with Crippen molar-refractivity contribution < 1.29 is 27.6 Å². The Bertz CT molecular complexity index is 1230. The molecule has 3 aromatic rings. The van der Waals surface area contributed by atoms with Crippen LogP contribution in [0.2, 0.25) is 0 Å². The van der Waals surface area contributed by atoms with E-state index in [1.165, 1.54) is 35.6 Å². The van der Waals surface area contributed by atoms with Gasteiger partial charge in [0.25, 0.3) is 5.56 Å². The van der Waals surface area contributed by atoms with Crippen LogP contribution in [0, 0.1) is 0 Å². The molecule has 1 fully saturated rings. The van der Waals surface area contributed by atoms with Crippen molar-refractivity contribution in [2.75, 3.05) is 17.2 Å². The number of nitrogen functional groups attached to an aromatic ring is 1. The summed E-state index contributed by atoms with van der Waals surface area (Å²) in [6.07, 6.45) is -1.52. The van der Waals surface area contributed by atoms with Crippen molar-refractivity contribution in [2.45, 2.75) is 24.5 Å². The molecule has 0 aliphatic carbocycles. The van der Waals surface area contributed by atoms with Gasteiger partial charge in [0.05, 0.1) is 12.9 Å². The number of aliphatic hydroxyl groups is 2. The van der Waals surface area contributed by atoms with Gasteiger partial charge >= 0.3 is 10.3 Å². The average Bonchev–Trinajstić information content (AvgIpc) is 3.25. The SMILES string of the molecule is Nc1ncnc2c1ncn2[C@@H]1O[C@H](COS(=O)(=O)Nn2ccccc2=O)[C@@H](O)[C@H]1O. The highest BCUT2D eigenvalue weighted by Gasteiger charge is 2.45. The fraction of sp³-hybridized carbons (Fsp3) is 0.333. The van der Waals surface area contributed by atoms with Crippen molar-refractivity contribution in [3.63, 3.8) is 0 Å². The minimum absolute atomic E-state index is 0.125. The van der Waals surface area contributed by atoms with Crippen molar-refractivity contribution >= 4 is 27.3 Å². The van der Waals surface area contributed by atoms with E-state index in [1.807, 2.05) is 4.83 Å². The van der Waals surface area contributed by atoms with E-state index in [4.69, 9.17) is 14.7 Å². The Morgan fingerprint density at radius 2 is 2.03 bits per heavy atom. The topological polar surface area (TPSA) is 197 Å². The quantitative estimate of drug-likeness (QED) is 0.322. The Balaban J connectivity index is 1.47. The number of nitrogens with two attached hydrogens (primary N) is 1. The number of nitrogens with zero attached hydrogens (tertiary/aromatic N) is 5. The van der Waals surface area contributed by atoms with Crippen molar-refractivity contribution in [3.8, 4) is 0 Å². The maximum absolute atomic E-state index is 12.1. The fourth-order valence-electron chi connectivity index (χ4n) is 2.96. The maximum atomic E-state index is 12.1. The van der Waals surface area contributed by atoms with E-state index in [0.29, 0.717) is 4.68 Å². The predicted octanol–water partition coefficient (Wildman–Crippen LogP) is -2.31. The van der Waals surface area contributed by atoms with E-state index < -0.39 is 47.0 Å². The van der Waals surface area contributed by atoms with Crippen molar-refractivity contribution in [3.05, 3.63) is 47.4 Å². The highest BCUT2D eigenvalue weighted by atomic mass is 32.2. The third-order valence-electron chi connectivity index (χ3n) is 4.42. The van der Waals surface area contributed by atoms with Gasteiger partial charge < -0.3 is 20.7 Å². The molecular formula is C15H17N7O7S. The number of imidazole rings is 1. The smallest absolute Gasteiger partial charge is 0.373 e. The summed E-state index contributed by atoms with van der Waals surface area (Å²) in [7, 11) is -4.41. The molecule has 4 atom stereocenters. The van der Waals surface area contributed by atoms with Gasteiger partial charge in [-0.15, -0.1) is 0 Å². The summed E-state index contributed by atoms with van der Waals surface area (Å²) in [5.74, 6) is 0.125. The van der Waals surface area contributed by atoms with E-state index in [2.05, 4.69) is 15.0 Å². The van der Waals surface area contributed by atoms with Crippen LogP contribution in [0.4, 0.5) is 5.82 Å². The van der Waals surface area contributed by atoms with E-state index in [0.717, 1.165) is 6.07 Å². The largest absolute Gasteiger partial charge is 0.387 e. The molecule has 0 bridgehead atoms. The highest BCUT2D eigenvalue weighted by molar-refractivity contribution is 7.87. The molecule has 4 rings (SSSR count). The molecule has 0 amide bonds. The molecule has 1 aliphatic rings. The number of ether oxygens (including phenoxy) is 1. The van der Waals surface area contributed by atoms with Crippen molar-refractivity contribution in [1.82, 2.24) is 24.2 Å². The molecule has 1 saturated heterocycles. The summed E-state index contributed by atoms with van der Waals surface area (Å²) in [6.45, 7) is -0.630. The van der Waals surface area contributed by atoms with Crippen LogP contribution in [0.25, 0.3) is 11.2 Å². The first kappa shape index (κ1) is 20.2. The lowest BCUT2D eigenvalue weighted by molar-refractivity contribution is -0.0467. The van der Waals surface area contributed by atoms with Crippen LogP contribution in [-0.4, -0.2) is 67.7 Å².